The number of amides is 1. The molecule has 6 aromatic carbocycles. The number of aromatic nitrogens is 29. The molecule has 0 radical (unpaired) electrons. The van der Waals surface area contributed by atoms with Crippen LogP contribution in [0.3, 0.4) is 0 Å². The van der Waals surface area contributed by atoms with E-state index in [2.05, 4.69) is 146 Å². The standard InChI is InChI=1S/C18H19N7O.C18H18N6O2.C17H17N7O2.C16H17N7O.2C15H15N7O/c1-9(2)25-18-14(16(19)20-8-21-18)15(23-25)10-3-6-12-13(7-10)26-24-17(12)22-11-4-5-11;19-16-15-12(10-1-2-14-13(7-10)23-18(20)26-14)8-24(17(15)22-9-21-16)11-3-5-25-6-4-11;1-8(2)24-17-13(15(18)19-7-20-17)14(22-24)10-4-5-11-12(6-10)26-23-16(11)21-9(3)25;1-8(2)23-16-12(14(17)19-7-20-16)13(21-23)9-4-5-10-11(6-9)24-22-15(10)18-3;1-7(2)22-15-11(14(17)18-6-19-15)12(20-22)8-3-4-10-9(5-8)13(16)21-23-10;1-7(2)22-15-11(14(17)18-6-19-15)12(20-22)8-3-4-9-10(5-8)23-21-13(9)16/h3,6-9,11H,4-5H2,1-2H3,(H,22,24)(H2,19,20,21);1-2,7-9,11H,3-6H2,(H2,20,23)(H2,19,21,22);4-8H,1-3H3,(H2,18,19,20)(H,21,23,25);4-8H,1-3H3,(H,18,22)(H2,17,19,20);2*3-7H,1-2H3,(H2,16,21)(H2,17,18,19). The van der Waals surface area contributed by atoms with Crippen molar-refractivity contribution in [1.82, 2.24) is 144 Å². The Morgan fingerprint density at radius 1 is 0.345 bits per heavy atom. The molecule has 0 atom stereocenters. The largest absolute Gasteiger partial charge is 0.424 e. The van der Waals surface area contributed by atoms with E-state index < -0.39 is 0 Å². The first-order valence-electron chi connectivity index (χ1n) is 47.5. The van der Waals surface area contributed by atoms with Crippen LogP contribution in [-0.4, -0.2) is 176 Å². The molecule has 26 rings (SSSR count). The van der Waals surface area contributed by atoms with Crippen LogP contribution in [0.4, 0.5) is 70.0 Å². The van der Waals surface area contributed by atoms with Crippen molar-refractivity contribution in [2.75, 3.05) is 87.8 Å². The SMILES string of the molecule is CC(=O)Nc1noc2cc(-c3nn(C(C)C)c4ncnc(N)c34)ccc12.CC(C)n1nc(-c2ccc3c(N)noc3c2)c2c(N)ncnc21.CC(C)n1nc(-c2ccc3c(NC4CC4)noc3c2)c2c(N)ncnc21.CC(C)n1nc(-c2ccc3onc(N)c3c2)c2c(N)ncnc21.CNc1noc2cc(-c3nn(C(C)C)c4ncnc(N)c34)ccc12.Nc1nc2cc(-c3cn(C4CCOCC4)c4ncnc(N)c34)ccc2o1. The molecule has 0 spiro atoms. The molecule has 1 saturated heterocycles. The summed E-state index contributed by atoms with van der Waals surface area (Å²) in [6.07, 6.45) is 15.1. The number of nitrogen functional groups attached to an aromatic ring is 9. The molecule has 2 fully saturated rings. The molecular formula is C99H101N41O8. The molecule has 1 aliphatic heterocycles. The third kappa shape index (κ3) is 17.7. The molecule has 1 saturated carbocycles. The Labute approximate surface area is 837 Å². The maximum Gasteiger partial charge on any atom is 0.292 e. The van der Waals surface area contributed by atoms with E-state index in [1.807, 2.05) is 188 Å². The van der Waals surface area contributed by atoms with Crippen LogP contribution in [-0.2, 0) is 9.53 Å². The highest BCUT2D eigenvalue weighted by atomic mass is 16.5. The molecular weight excluding hydrogens is 1890 g/mol. The zero-order chi connectivity index (χ0) is 103. The highest BCUT2D eigenvalue weighted by Crippen LogP contribution is 2.44. The summed E-state index contributed by atoms with van der Waals surface area (Å²) in [4.78, 5) is 66.4. The number of nitrogens with zero attached hydrogens (tertiary/aromatic N) is 29. The molecule has 49 nitrogen and oxygen atoms in total. The highest BCUT2D eigenvalue weighted by Gasteiger charge is 2.31. The van der Waals surface area contributed by atoms with Crippen molar-refractivity contribution in [3.63, 3.8) is 0 Å². The van der Waals surface area contributed by atoms with Gasteiger partial charge in [0.05, 0.1) is 59.2 Å². The molecule has 0 unspecified atom stereocenters. The Hall–Kier alpha value is -19.3. The van der Waals surface area contributed by atoms with E-state index in [0.29, 0.717) is 154 Å². The number of oxazole rings is 1. The van der Waals surface area contributed by atoms with Crippen LogP contribution in [0.1, 0.15) is 138 Å². The van der Waals surface area contributed by atoms with E-state index in [1.54, 1.807) is 7.05 Å². The van der Waals surface area contributed by atoms with Crippen LogP contribution >= 0.6 is 0 Å². The Morgan fingerprint density at radius 3 is 1.09 bits per heavy atom. The van der Waals surface area contributed by atoms with Crippen LogP contribution < -0.4 is 67.6 Å². The average Bonchev–Trinajstić information content (AvgIpc) is 1.63. The van der Waals surface area contributed by atoms with Gasteiger partial charge in [0.2, 0.25) is 5.91 Å². The number of benzene rings is 6. The van der Waals surface area contributed by atoms with Gasteiger partial charge < -0.3 is 104 Å². The summed E-state index contributed by atoms with van der Waals surface area (Å²) < 4.78 is 48.9. The van der Waals surface area contributed by atoms with Gasteiger partial charge in [-0.2, -0.15) is 30.5 Å². The number of ether oxygens (including phenoxy) is 1. The lowest BCUT2D eigenvalue weighted by atomic mass is 10.1. The average molecular weight is 1990 g/mol. The van der Waals surface area contributed by atoms with Crippen LogP contribution in [0.5, 0.6) is 0 Å². The minimum atomic E-state index is -0.212. The summed E-state index contributed by atoms with van der Waals surface area (Å²) in [7, 11) is 1.81. The first kappa shape index (κ1) is 95.0. The van der Waals surface area contributed by atoms with Crippen molar-refractivity contribution < 1.29 is 36.6 Å². The first-order valence-corrected chi connectivity index (χ1v) is 47.5. The Morgan fingerprint density at radius 2 is 0.682 bits per heavy atom. The van der Waals surface area contributed by atoms with E-state index in [9.17, 15) is 4.79 Å². The van der Waals surface area contributed by atoms with Crippen molar-refractivity contribution >= 4 is 208 Å². The third-order valence-electron chi connectivity index (χ3n) is 25.2. The molecule has 1 amide bonds. The number of rotatable bonds is 16. The molecule has 1 aliphatic carbocycles. The van der Waals surface area contributed by atoms with Gasteiger partial charge in [-0.3, -0.25) is 4.79 Å². The summed E-state index contributed by atoms with van der Waals surface area (Å²) in [6, 6.07) is 36.0. The monoisotopic (exact) mass is 1990 g/mol. The summed E-state index contributed by atoms with van der Waals surface area (Å²) in [5.74, 6) is 4.86. The van der Waals surface area contributed by atoms with E-state index >= 15 is 0 Å². The lowest BCUT2D eigenvalue weighted by molar-refractivity contribution is -0.114. The minimum Gasteiger partial charge on any atom is -0.424 e. The van der Waals surface area contributed by atoms with Crippen molar-refractivity contribution in [3.8, 4) is 67.4 Å². The van der Waals surface area contributed by atoms with E-state index in [0.717, 1.165) is 148 Å². The fourth-order valence-electron chi connectivity index (χ4n) is 17.9. The number of nitrogens with two attached hydrogens (primary N) is 9. The lowest BCUT2D eigenvalue weighted by Crippen LogP contribution is -2.19. The zero-order valence-electron chi connectivity index (χ0n) is 82.1. The van der Waals surface area contributed by atoms with Crippen molar-refractivity contribution in [1.29, 1.82) is 0 Å². The number of hydrogen-bond donors (Lipinski definition) is 12. The van der Waals surface area contributed by atoms with Crippen molar-refractivity contribution in [2.24, 2.45) is 0 Å². The summed E-state index contributed by atoms with van der Waals surface area (Å²) in [6.45, 7) is 23.3. The van der Waals surface area contributed by atoms with Crippen molar-refractivity contribution in [2.45, 2.75) is 144 Å². The topological polar surface area (TPSA) is 701 Å². The molecule has 2 aliphatic rings. The van der Waals surface area contributed by atoms with E-state index in [-0.39, 0.29) is 42.1 Å². The van der Waals surface area contributed by atoms with Gasteiger partial charge in [-0.05, 0) is 179 Å². The number of carbonyl (C=O) groups is 1. The quantitative estimate of drug-likeness (QED) is 0.0427. The normalized spacial score (nSPS) is 12.9. The van der Waals surface area contributed by atoms with Gasteiger partial charge in [-0.1, -0.05) is 56.1 Å². The van der Waals surface area contributed by atoms with Gasteiger partial charge in [0.1, 0.15) is 113 Å². The molecule has 24 aromatic rings. The summed E-state index contributed by atoms with van der Waals surface area (Å²) in [5, 5.41) is 60.8. The predicted molar refractivity (Wildman–Crippen MR) is 563 cm³/mol. The van der Waals surface area contributed by atoms with E-state index in [1.165, 1.54) is 57.7 Å². The van der Waals surface area contributed by atoms with Crippen LogP contribution in [0.15, 0.2) is 180 Å². The first-order chi connectivity index (χ1) is 71.5. The minimum absolute atomic E-state index is 0.112. The molecule has 18 aromatic heterocycles. The number of carbonyl (C=O) groups excluding carboxylic acids is 1. The summed E-state index contributed by atoms with van der Waals surface area (Å²) >= 11 is 0. The van der Waals surface area contributed by atoms with E-state index in [4.69, 9.17) is 93.6 Å². The molecule has 19 heterocycles. The smallest absolute Gasteiger partial charge is 0.292 e. The maximum atomic E-state index is 11.3. The van der Waals surface area contributed by atoms with Crippen LogP contribution in [0.2, 0.25) is 0 Å². The molecule has 21 N–H and O–H groups in total. The van der Waals surface area contributed by atoms with Gasteiger partial charge in [-0.15, -0.1) is 0 Å². The summed E-state index contributed by atoms with van der Waals surface area (Å²) in [5.41, 5.74) is 72.7. The van der Waals surface area contributed by atoms with Gasteiger partial charge in [0.15, 0.2) is 90.8 Å². The number of nitrogens with one attached hydrogen (secondary N) is 3. The molecule has 750 valence electrons. The molecule has 148 heavy (non-hydrogen) atoms. The van der Waals surface area contributed by atoms with Crippen LogP contribution in [0, 0.1) is 0 Å². The maximum absolute atomic E-state index is 11.3. The highest BCUT2D eigenvalue weighted by molar-refractivity contribution is 6.08. The van der Waals surface area contributed by atoms with Gasteiger partial charge in [0, 0.05) is 109 Å². The fourth-order valence-corrected chi connectivity index (χ4v) is 17.9. The molecule has 49 heteroatoms. The Balaban J connectivity index is 0.000000104. The lowest BCUT2D eigenvalue weighted by Gasteiger charge is -2.24. The Bertz CT molecular complexity index is 9190. The second-order valence-electron chi connectivity index (χ2n) is 36.8. The Kier molecular flexibility index (Phi) is 24.7. The van der Waals surface area contributed by atoms with Gasteiger partial charge >= 0.3 is 0 Å². The fraction of sp³-hybridized carbons (Fsp3) is 0.253. The van der Waals surface area contributed by atoms with Crippen molar-refractivity contribution in [3.05, 3.63) is 153 Å². The second kappa shape index (κ2) is 38.5. The molecule has 0 bridgehead atoms. The van der Waals surface area contributed by atoms with Crippen LogP contribution in [0.25, 0.3) is 200 Å². The predicted octanol–water partition coefficient (Wildman–Crippen LogP) is 16.5. The number of anilines is 12. The zero-order valence-corrected chi connectivity index (χ0v) is 82.1. The number of fused-ring (bicyclic) bond motifs is 12. The third-order valence-corrected chi connectivity index (χ3v) is 25.2. The van der Waals surface area contributed by atoms with Gasteiger partial charge in [-0.25, -0.2) is 83.2 Å². The second-order valence-corrected chi connectivity index (χ2v) is 36.8. The number of hydrogen-bond acceptors (Lipinski definition) is 42. The van der Waals surface area contributed by atoms with Gasteiger partial charge in [0.25, 0.3) is 6.01 Å².